The number of sulfone groups is 1. The van der Waals surface area contributed by atoms with E-state index < -0.39 is 9.84 Å². The van der Waals surface area contributed by atoms with E-state index in [2.05, 4.69) is 16.4 Å². The third-order valence-corrected chi connectivity index (χ3v) is 5.59. The number of aromatic amines is 1. The van der Waals surface area contributed by atoms with Crippen molar-refractivity contribution in [2.75, 3.05) is 6.54 Å². The van der Waals surface area contributed by atoms with Crippen molar-refractivity contribution in [2.24, 2.45) is 0 Å². The fourth-order valence-electron chi connectivity index (χ4n) is 3.03. The van der Waals surface area contributed by atoms with E-state index in [1.54, 1.807) is 30.3 Å². The van der Waals surface area contributed by atoms with Crippen LogP contribution in [0.3, 0.4) is 0 Å². The van der Waals surface area contributed by atoms with Crippen LogP contribution in [0.25, 0.3) is 16.6 Å². The number of nitrogens with one attached hydrogen (secondary N) is 2. The van der Waals surface area contributed by atoms with Crippen molar-refractivity contribution in [3.63, 3.8) is 0 Å². The lowest BCUT2D eigenvalue weighted by Crippen LogP contribution is -2.23. The Labute approximate surface area is 134 Å². The summed E-state index contributed by atoms with van der Waals surface area (Å²) in [6.07, 6.45) is 0.877. The molecule has 0 radical (unpaired) electrons. The summed E-state index contributed by atoms with van der Waals surface area (Å²) in [5, 5.41) is 5.70. The standard InChI is InChI=1S/C18H16N2O2S/c21-23(22,13-6-2-1-3-7-13)12-17-18-15(10-11-19-17)14-8-4-5-9-16(14)20-18/h1-9,12,19-20H,10-11H2/b17-12-. The van der Waals surface area contributed by atoms with E-state index in [0.717, 1.165) is 29.6 Å². The number of aromatic nitrogens is 1. The van der Waals surface area contributed by atoms with Gasteiger partial charge in [-0.25, -0.2) is 8.42 Å². The highest BCUT2D eigenvalue weighted by Gasteiger charge is 2.21. The van der Waals surface area contributed by atoms with Crippen molar-refractivity contribution < 1.29 is 8.42 Å². The van der Waals surface area contributed by atoms with E-state index in [1.165, 1.54) is 11.0 Å². The van der Waals surface area contributed by atoms with E-state index in [-0.39, 0.29) is 0 Å². The number of benzene rings is 2. The Morgan fingerprint density at radius 2 is 1.70 bits per heavy atom. The fourth-order valence-corrected chi connectivity index (χ4v) is 4.22. The second kappa shape index (κ2) is 5.28. The Kier molecular flexibility index (Phi) is 3.23. The minimum absolute atomic E-state index is 0.303. The van der Waals surface area contributed by atoms with Crippen molar-refractivity contribution in [1.29, 1.82) is 0 Å². The zero-order valence-electron chi connectivity index (χ0n) is 12.4. The molecular weight excluding hydrogens is 308 g/mol. The zero-order chi connectivity index (χ0) is 15.9. The van der Waals surface area contributed by atoms with Gasteiger partial charge in [-0.2, -0.15) is 0 Å². The van der Waals surface area contributed by atoms with Crippen LogP contribution < -0.4 is 5.32 Å². The highest BCUT2D eigenvalue weighted by atomic mass is 32.2. The molecule has 116 valence electrons. The maximum Gasteiger partial charge on any atom is 0.201 e. The lowest BCUT2D eigenvalue weighted by molar-refractivity contribution is 0.604. The smallest absolute Gasteiger partial charge is 0.201 e. The largest absolute Gasteiger partial charge is 0.382 e. The average molecular weight is 324 g/mol. The Morgan fingerprint density at radius 3 is 2.52 bits per heavy atom. The Balaban J connectivity index is 1.86. The highest BCUT2D eigenvalue weighted by Crippen LogP contribution is 2.30. The molecule has 0 atom stereocenters. The van der Waals surface area contributed by atoms with Crippen LogP contribution in [0.5, 0.6) is 0 Å². The van der Waals surface area contributed by atoms with Gasteiger partial charge in [-0.3, -0.25) is 0 Å². The lowest BCUT2D eigenvalue weighted by atomic mass is 10.0. The van der Waals surface area contributed by atoms with Crippen LogP contribution in [-0.4, -0.2) is 19.9 Å². The highest BCUT2D eigenvalue weighted by molar-refractivity contribution is 7.94. The van der Waals surface area contributed by atoms with Gasteiger partial charge in [0.25, 0.3) is 0 Å². The monoisotopic (exact) mass is 324 g/mol. The van der Waals surface area contributed by atoms with E-state index in [9.17, 15) is 8.42 Å². The van der Waals surface area contributed by atoms with Gasteiger partial charge in [-0.1, -0.05) is 36.4 Å². The maximum absolute atomic E-state index is 12.6. The molecule has 0 saturated carbocycles. The molecule has 0 fully saturated rings. The lowest BCUT2D eigenvalue weighted by Gasteiger charge is -2.18. The van der Waals surface area contributed by atoms with Crippen molar-refractivity contribution in [2.45, 2.75) is 11.3 Å². The zero-order valence-corrected chi connectivity index (χ0v) is 13.2. The number of hydrogen-bond donors (Lipinski definition) is 2. The van der Waals surface area contributed by atoms with E-state index in [0.29, 0.717) is 10.6 Å². The molecule has 1 aromatic heterocycles. The van der Waals surface area contributed by atoms with Crippen LogP contribution in [0, 0.1) is 0 Å². The molecule has 5 heteroatoms. The minimum Gasteiger partial charge on any atom is -0.382 e. The first-order chi connectivity index (χ1) is 11.1. The van der Waals surface area contributed by atoms with Crippen LogP contribution in [0.15, 0.2) is 64.9 Å². The van der Waals surface area contributed by atoms with Gasteiger partial charge in [0.1, 0.15) is 0 Å². The first kappa shape index (κ1) is 14.1. The second-order valence-electron chi connectivity index (χ2n) is 5.59. The Hall–Kier alpha value is -2.53. The van der Waals surface area contributed by atoms with Crippen molar-refractivity contribution in [1.82, 2.24) is 10.3 Å². The summed E-state index contributed by atoms with van der Waals surface area (Å²) in [6.45, 7) is 0.727. The van der Waals surface area contributed by atoms with Gasteiger partial charge in [0.15, 0.2) is 0 Å². The van der Waals surface area contributed by atoms with Crippen LogP contribution in [0.2, 0.25) is 0 Å². The minimum atomic E-state index is -3.48. The van der Waals surface area contributed by atoms with Gasteiger partial charge in [0.2, 0.25) is 9.84 Å². The van der Waals surface area contributed by atoms with Crippen LogP contribution in [0.4, 0.5) is 0 Å². The Bertz CT molecular complexity index is 1000. The molecule has 23 heavy (non-hydrogen) atoms. The van der Waals surface area contributed by atoms with Crippen LogP contribution in [0.1, 0.15) is 11.3 Å². The molecule has 2 heterocycles. The maximum atomic E-state index is 12.6. The molecule has 0 amide bonds. The molecule has 0 aliphatic carbocycles. The summed E-state index contributed by atoms with van der Waals surface area (Å²) in [7, 11) is -3.48. The quantitative estimate of drug-likeness (QED) is 0.761. The van der Waals surface area contributed by atoms with Crippen LogP contribution in [-0.2, 0) is 16.3 Å². The van der Waals surface area contributed by atoms with E-state index >= 15 is 0 Å². The number of fused-ring (bicyclic) bond motifs is 3. The van der Waals surface area contributed by atoms with Gasteiger partial charge < -0.3 is 10.3 Å². The first-order valence-corrected chi connectivity index (χ1v) is 9.05. The summed E-state index contributed by atoms with van der Waals surface area (Å²) in [6, 6.07) is 16.5. The van der Waals surface area contributed by atoms with E-state index in [1.807, 2.05) is 18.2 Å². The summed E-state index contributed by atoms with van der Waals surface area (Å²) >= 11 is 0. The first-order valence-electron chi connectivity index (χ1n) is 7.51. The van der Waals surface area contributed by atoms with Crippen molar-refractivity contribution in [3.05, 3.63) is 71.3 Å². The molecule has 4 rings (SSSR count). The van der Waals surface area contributed by atoms with Gasteiger partial charge >= 0.3 is 0 Å². The van der Waals surface area contributed by atoms with Gasteiger partial charge in [-0.05, 0) is 30.2 Å². The molecular formula is C18H16N2O2S. The summed E-state index contributed by atoms with van der Waals surface area (Å²) in [5.41, 5.74) is 3.71. The molecule has 1 aliphatic rings. The van der Waals surface area contributed by atoms with E-state index in [4.69, 9.17) is 0 Å². The van der Waals surface area contributed by atoms with Gasteiger partial charge in [0.05, 0.1) is 21.7 Å². The van der Waals surface area contributed by atoms with Crippen molar-refractivity contribution >= 4 is 26.4 Å². The molecule has 0 unspecified atom stereocenters. The third kappa shape index (κ3) is 2.43. The van der Waals surface area contributed by atoms with Crippen LogP contribution >= 0.6 is 0 Å². The topological polar surface area (TPSA) is 62.0 Å². The predicted octanol–water partition coefficient (Wildman–Crippen LogP) is 3.09. The molecule has 4 nitrogen and oxygen atoms in total. The normalized spacial score (nSPS) is 16.3. The number of H-pyrrole nitrogens is 1. The predicted molar refractivity (Wildman–Crippen MR) is 91.6 cm³/mol. The number of rotatable bonds is 2. The van der Waals surface area contributed by atoms with Crippen molar-refractivity contribution in [3.8, 4) is 0 Å². The molecule has 0 saturated heterocycles. The Morgan fingerprint density at radius 1 is 0.957 bits per heavy atom. The summed E-state index contributed by atoms with van der Waals surface area (Å²) in [4.78, 5) is 3.65. The molecule has 0 bridgehead atoms. The molecule has 2 aromatic carbocycles. The summed E-state index contributed by atoms with van der Waals surface area (Å²) in [5.74, 6) is 0. The van der Waals surface area contributed by atoms with Gasteiger partial charge in [-0.15, -0.1) is 0 Å². The van der Waals surface area contributed by atoms with Gasteiger partial charge in [0, 0.05) is 17.4 Å². The number of hydrogen-bond acceptors (Lipinski definition) is 3. The fraction of sp³-hybridized carbons (Fsp3) is 0.111. The molecule has 1 aliphatic heterocycles. The second-order valence-corrected chi connectivity index (χ2v) is 7.39. The third-order valence-electron chi connectivity index (χ3n) is 4.12. The summed E-state index contributed by atoms with van der Waals surface area (Å²) < 4.78 is 25.2. The molecule has 0 spiro atoms. The average Bonchev–Trinajstić information content (AvgIpc) is 2.95. The molecule has 2 N–H and O–H groups in total. The number of para-hydroxylation sites is 1. The molecule has 3 aromatic rings. The SMILES string of the molecule is O=S(=O)(/C=C1\NCCc2c1[nH]c1ccccc21)c1ccccc1.